The van der Waals surface area contributed by atoms with Crippen molar-refractivity contribution in [2.75, 3.05) is 30.0 Å². The quantitative estimate of drug-likeness (QED) is 0.381. The van der Waals surface area contributed by atoms with Crippen molar-refractivity contribution in [3.8, 4) is 21.1 Å². The lowest BCUT2D eigenvalue weighted by Crippen LogP contribution is -2.08. The highest BCUT2D eigenvalue weighted by Gasteiger charge is 2.15. The average Bonchev–Trinajstić information content (AvgIpc) is 3.31. The van der Waals surface area contributed by atoms with Crippen molar-refractivity contribution in [2.45, 2.75) is 6.92 Å². The van der Waals surface area contributed by atoms with Crippen molar-refractivity contribution in [2.24, 2.45) is 0 Å². The Hall–Kier alpha value is -2.61. The van der Waals surface area contributed by atoms with Gasteiger partial charge in [0.25, 0.3) is 0 Å². The summed E-state index contributed by atoms with van der Waals surface area (Å²) >= 11 is 9.19. The van der Waals surface area contributed by atoms with E-state index in [1.54, 1.807) is 11.3 Å². The molecule has 4 rings (SSSR count). The molecule has 148 valence electrons. The highest BCUT2D eigenvalue weighted by atomic mass is 35.5. The fourth-order valence-corrected chi connectivity index (χ4v) is 4.77. The largest absolute Gasteiger partial charge is 0.382 e. The van der Waals surface area contributed by atoms with E-state index in [1.165, 1.54) is 11.3 Å². The maximum atomic E-state index is 6.18. The van der Waals surface area contributed by atoms with E-state index in [9.17, 15) is 0 Å². The second kappa shape index (κ2) is 8.02. The number of nitrogen functional groups attached to an aromatic ring is 1. The molecule has 2 aromatic heterocycles. The fourth-order valence-electron chi connectivity index (χ4n) is 2.82. The van der Waals surface area contributed by atoms with Crippen LogP contribution in [-0.2, 0) is 0 Å². The zero-order valence-corrected chi connectivity index (χ0v) is 18.6. The molecule has 0 aliphatic rings. The summed E-state index contributed by atoms with van der Waals surface area (Å²) in [6.45, 7) is 1.99. The van der Waals surface area contributed by atoms with Gasteiger partial charge < -0.3 is 16.0 Å². The van der Waals surface area contributed by atoms with Crippen LogP contribution in [0, 0.1) is 6.92 Å². The Morgan fingerprint density at radius 2 is 1.83 bits per heavy atom. The van der Waals surface area contributed by atoms with Gasteiger partial charge in [0, 0.05) is 41.4 Å². The minimum absolute atomic E-state index is 0.482. The van der Waals surface area contributed by atoms with Crippen LogP contribution >= 0.6 is 34.3 Å². The molecule has 0 amide bonds. The van der Waals surface area contributed by atoms with Crippen molar-refractivity contribution < 1.29 is 0 Å². The average molecular weight is 442 g/mol. The van der Waals surface area contributed by atoms with Crippen LogP contribution in [0.25, 0.3) is 21.1 Å². The molecule has 2 aromatic carbocycles. The van der Waals surface area contributed by atoms with Crippen LogP contribution in [0.1, 0.15) is 5.56 Å². The lowest BCUT2D eigenvalue weighted by Gasteiger charge is -2.12. The number of aryl methyl sites for hydroxylation is 1. The molecule has 0 aliphatic heterocycles. The number of rotatable bonds is 5. The first-order valence-electron chi connectivity index (χ1n) is 8.94. The summed E-state index contributed by atoms with van der Waals surface area (Å²) in [5, 5.41) is 7.72. The van der Waals surface area contributed by atoms with E-state index in [-0.39, 0.29) is 0 Å². The number of thiazole rings is 2. The molecule has 8 heteroatoms. The van der Waals surface area contributed by atoms with Gasteiger partial charge in [-0.05, 0) is 48.9 Å². The van der Waals surface area contributed by atoms with Crippen molar-refractivity contribution in [1.29, 1.82) is 0 Å². The number of hydrogen-bond acceptors (Lipinski definition) is 7. The third-order valence-corrected chi connectivity index (χ3v) is 6.85. The molecule has 4 aromatic rings. The summed E-state index contributed by atoms with van der Waals surface area (Å²) in [5.74, 6) is 0.482. The highest BCUT2D eigenvalue weighted by Crippen LogP contribution is 2.39. The summed E-state index contributed by atoms with van der Waals surface area (Å²) < 4.78 is 0. The molecule has 0 aliphatic carbocycles. The molecule has 0 bridgehead atoms. The Morgan fingerprint density at radius 1 is 1.07 bits per heavy atom. The van der Waals surface area contributed by atoms with Gasteiger partial charge in [0.2, 0.25) is 0 Å². The van der Waals surface area contributed by atoms with Gasteiger partial charge in [0.05, 0.1) is 5.69 Å². The van der Waals surface area contributed by atoms with Crippen LogP contribution in [0.5, 0.6) is 0 Å². The Balaban J connectivity index is 1.56. The van der Waals surface area contributed by atoms with Crippen LogP contribution in [0.2, 0.25) is 5.02 Å². The number of aromatic nitrogens is 2. The molecule has 0 fully saturated rings. The first-order chi connectivity index (χ1) is 13.9. The monoisotopic (exact) mass is 441 g/mol. The van der Waals surface area contributed by atoms with Crippen LogP contribution in [0.4, 0.5) is 22.3 Å². The van der Waals surface area contributed by atoms with Crippen LogP contribution in [-0.4, -0.2) is 24.1 Å². The van der Waals surface area contributed by atoms with E-state index in [0.29, 0.717) is 5.82 Å². The van der Waals surface area contributed by atoms with Crippen molar-refractivity contribution in [1.82, 2.24) is 9.97 Å². The summed E-state index contributed by atoms with van der Waals surface area (Å²) in [4.78, 5) is 12.2. The molecule has 0 radical (unpaired) electrons. The van der Waals surface area contributed by atoms with Crippen LogP contribution in [0.15, 0.2) is 47.8 Å². The van der Waals surface area contributed by atoms with Gasteiger partial charge in [-0.15, -0.1) is 11.3 Å². The summed E-state index contributed by atoms with van der Waals surface area (Å²) in [7, 11) is 4.04. The zero-order chi connectivity index (χ0) is 20.5. The number of nitrogens with two attached hydrogens (primary N) is 1. The van der Waals surface area contributed by atoms with E-state index in [2.05, 4.69) is 27.3 Å². The number of nitrogens with one attached hydrogen (secondary N) is 1. The Bertz CT molecular complexity index is 1150. The molecule has 29 heavy (non-hydrogen) atoms. The van der Waals surface area contributed by atoms with E-state index >= 15 is 0 Å². The molecular weight excluding hydrogens is 422 g/mol. The Labute approximate surface area is 182 Å². The van der Waals surface area contributed by atoms with E-state index in [0.717, 1.165) is 48.2 Å². The standard InChI is InChI=1S/C21H20ClN5S2/c1-12-10-13(4-9-16(12)22)17-11-28-20(25-17)18-19(23)26-21(29-18)24-14-5-7-15(8-6-14)27(2)3/h4-11H,23H2,1-3H3,(H,24,26). The number of benzene rings is 2. The third-order valence-electron chi connectivity index (χ3n) is 4.44. The summed E-state index contributed by atoms with van der Waals surface area (Å²) in [6.07, 6.45) is 0. The van der Waals surface area contributed by atoms with Gasteiger partial charge in [-0.3, -0.25) is 0 Å². The van der Waals surface area contributed by atoms with E-state index < -0.39 is 0 Å². The summed E-state index contributed by atoms with van der Waals surface area (Å²) in [6, 6.07) is 14.1. The molecule has 0 saturated carbocycles. The van der Waals surface area contributed by atoms with Crippen LogP contribution in [0.3, 0.4) is 0 Å². The molecule has 0 spiro atoms. The zero-order valence-electron chi connectivity index (χ0n) is 16.2. The Morgan fingerprint density at radius 3 is 2.52 bits per heavy atom. The normalized spacial score (nSPS) is 10.9. The van der Waals surface area contributed by atoms with Gasteiger partial charge in [0.15, 0.2) is 5.13 Å². The molecule has 0 saturated heterocycles. The predicted octanol–water partition coefficient (Wildman–Crippen LogP) is 6.29. The number of anilines is 4. The minimum Gasteiger partial charge on any atom is -0.382 e. The lowest BCUT2D eigenvalue weighted by atomic mass is 10.1. The second-order valence-corrected chi connectivity index (χ2v) is 9.07. The minimum atomic E-state index is 0.482. The van der Waals surface area contributed by atoms with Crippen LogP contribution < -0.4 is 16.0 Å². The van der Waals surface area contributed by atoms with Gasteiger partial charge in [0.1, 0.15) is 15.7 Å². The molecule has 2 heterocycles. The third kappa shape index (κ3) is 4.22. The van der Waals surface area contributed by atoms with Crippen molar-refractivity contribution in [3.05, 3.63) is 58.4 Å². The SMILES string of the molecule is Cc1cc(-c2csc(-c3sc(Nc4ccc(N(C)C)cc4)nc3N)n2)ccc1Cl. The highest BCUT2D eigenvalue weighted by molar-refractivity contribution is 7.23. The molecular formula is C21H20ClN5S2. The lowest BCUT2D eigenvalue weighted by molar-refractivity contribution is 1.13. The number of nitrogens with zero attached hydrogens (tertiary/aromatic N) is 3. The number of hydrogen-bond donors (Lipinski definition) is 2. The van der Waals surface area contributed by atoms with Gasteiger partial charge >= 0.3 is 0 Å². The first-order valence-corrected chi connectivity index (χ1v) is 11.0. The van der Waals surface area contributed by atoms with Gasteiger partial charge in [-0.25, -0.2) is 9.97 Å². The number of halogens is 1. The van der Waals surface area contributed by atoms with E-state index in [1.807, 2.05) is 56.7 Å². The fraction of sp³-hybridized carbons (Fsp3) is 0.143. The Kier molecular flexibility index (Phi) is 5.45. The van der Waals surface area contributed by atoms with Gasteiger partial charge in [-0.2, -0.15) is 0 Å². The maximum absolute atomic E-state index is 6.18. The first kappa shape index (κ1) is 19.7. The molecule has 5 nitrogen and oxygen atoms in total. The molecule has 3 N–H and O–H groups in total. The predicted molar refractivity (Wildman–Crippen MR) is 127 cm³/mol. The maximum Gasteiger partial charge on any atom is 0.189 e. The second-order valence-electron chi connectivity index (χ2n) is 6.80. The van der Waals surface area contributed by atoms with E-state index in [4.69, 9.17) is 22.3 Å². The van der Waals surface area contributed by atoms with Crippen molar-refractivity contribution >= 4 is 56.6 Å². The van der Waals surface area contributed by atoms with Crippen molar-refractivity contribution in [3.63, 3.8) is 0 Å². The topological polar surface area (TPSA) is 67.1 Å². The molecule has 0 unspecified atom stereocenters. The summed E-state index contributed by atoms with van der Waals surface area (Å²) in [5.41, 5.74) is 11.3. The molecule has 0 atom stereocenters. The van der Waals surface area contributed by atoms with Gasteiger partial charge in [-0.1, -0.05) is 29.0 Å². The smallest absolute Gasteiger partial charge is 0.189 e.